The molecule has 1 aliphatic carbocycles. The molecule has 0 unspecified atom stereocenters. The van der Waals surface area contributed by atoms with E-state index in [9.17, 15) is 19.2 Å². The van der Waals surface area contributed by atoms with E-state index < -0.39 is 11.2 Å². The lowest BCUT2D eigenvalue weighted by atomic mass is 9.66. The van der Waals surface area contributed by atoms with Gasteiger partial charge in [0.15, 0.2) is 0 Å². The minimum atomic E-state index is -0.580. The molecule has 3 fully saturated rings. The minimum absolute atomic E-state index is 0.0492. The van der Waals surface area contributed by atoms with Gasteiger partial charge in [0.2, 0.25) is 11.8 Å². The van der Waals surface area contributed by atoms with Crippen LogP contribution in [0, 0.1) is 5.41 Å². The van der Waals surface area contributed by atoms with E-state index in [0.717, 1.165) is 25.7 Å². The fourth-order valence-electron chi connectivity index (χ4n) is 5.55. The maximum Gasteiger partial charge on any atom is 0.328 e. The third kappa shape index (κ3) is 2.42. The summed E-state index contributed by atoms with van der Waals surface area (Å²) in [5.74, 6) is -0.0540. The molecule has 3 aliphatic rings. The summed E-state index contributed by atoms with van der Waals surface area (Å²) in [4.78, 5) is 54.4. The molecule has 2 aliphatic heterocycles. The molecular formula is C18H24N4O4. The van der Waals surface area contributed by atoms with Crippen molar-refractivity contribution in [1.82, 2.24) is 19.4 Å². The maximum absolute atomic E-state index is 13.0. The van der Waals surface area contributed by atoms with Crippen molar-refractivity contribution in [2.75, 3.05) is 6.54 Å². The number of aromatic nitrogens is 2. The first-order valence-electron chi connectivity index (χ1n) is 9.19. The second kappa shape index (κ2) is 5.82. The first-order chi connectivity index (χ1) is 12.3. The molecule has 1 N–H and O–H groups in total. The van der Waals surface area contributed by atoms with Gasteiger partial charge in [-0.25, -0.2) is 4.79 Å². The van der Waals surface area contributed by atoms with Crippen molar-refractivity contribution in [3.05, 3.63) is 33.1 Å². The van der Waals surface area contributed by atoms with Gasteiger partial charge in [0, 0.05) is 43.2 Å². The number of H-pyrrole nitrogens is 1. The number of carbonyl (C=O) groups is 2. The van der Waals surface area contributed by atoms with Crippen LogP contribution >= 0.6 is 0 Å². The average Bonchev–Trinajstić information content (AvgIpc) is 2.86. The number of nitrogens with one attached hydrogen (secondary N) is 1. The van der Waals surface area contributed by atoms with Crippen molar-refractivity contribution in [2.24, 2.45) is 5.41 Å². The van der Waals surface area contributed by atoms with Crippen LogP contribution in [-0.2, 0) is 16.1 Å². The Labute approximate surface area is 150 Å². The van der Waals surface area contributed by atoms with Crippen molar-refractivity contribution in [1.29, 1.82) is 0 Å². The van der Waals surface area contributed by atoms with E-state index in [1.54, 1.807) is 6.92 Å². The molecule has 4 atom stereocenters. The first kappa shape index (κ1) is 17.1. The highest BCUT2D eigenvalue weighted by molar-refractivity contribution is 5.78. The Hall–Kier alpha value is -2.38. The largest absolute Gasteiger partial charge is 0.335 e. The van der Waals surface area contributed by atoms with Gasteiger partial charge in [0.1, 0.15) is 6.54 Å². The average molecular weight is 360 g/mol. The van der Waals surface area contributed by atoms with Gasteiger partial charge in [-0.1, -0.05) is 6.92 Å². The molecule has 1 aromatic rings. The van der Waals surface area contributed by atoms with Gasteiger partial charge in [-0.05, 0) is 25.7 Å². The Morgan fingerprint density at radius 3 is 2.69 bits per heavy atom. The molecular weight excluding hydrogens is 336 g/mol. The normalized spacial score (nSPS) is 32.6. The highest BCUT2D eigenvalue weighted by Crippen LogP contribution is 2.54. The molecule has 8 heteroatoms. The molecule has 0 aromatic carbocycles. The number of piperidine rings is 1. The fraction of sp³-hybridized carbons (Fsp3) is 0.667. The van der Waals surface area contributed by atoms with Crippen LogP contribution in [0.5, 0.6) is 0 Å². The lowest BCUT2D eigenvalue weighted by Crippen LogP contribution is -2.58. The van der Waals surface area contributed by atoms with Gasteiger partial charge in [-0.3, -0.25) is 23.9 Å². The van der Waals surface area contributed by atoms with Crippen molar-refractivity contribution in [3.63, 3.8) is 0 Å². The summed E-state index contributed by atoms with van der Waals surface area (Å²) in [7, 11) is 0. The molecule has 1 aromatic heterocycles. The monoisotopic (exact) mass is 360 g/mol. The van der Waals surface area contributed by atoms with Crippen LogP contribution in [0.1, 0.15) is 39.5 Å². The molecule has 2 saturated heterocycles. The number of carbonyl (C=O) groups excluding carboxylic acids is 2. The minimum Gasteiger partial charge on any atom is -0.335 e. The van der Waals surface area contributed by atoms with Crippen LogP contribution in [0.3, 0.4) is 0 Å². The van der Waals surface area contributed by atoms with Gasteiger partial charge in [0.25, 0.3) is 5.56 Å². The van der Waals surface area contributed by atoms with E-state index in [1.165, 1.54) is 16.8 Å². The van der Waals surface area contributed by atoms with Crippen LogP contribution in [0.15, 0.2) is 21.9 Å². The molecule has 4 rings (SSSR count). The predicted molar refractivity (Wildman–Crippen MR) is 93.5 cm³/mol. The highest BCUT2D eigenvalue weighted by atomic mass is 16.2. The number of rotatable bonds is 2. The van der Waals surface area contributed by atoms with Gasteiger partial charge in [-0.15, -0.1) is 0 Å². The summed E-state index contributed by atoms with van der Waals surface area (Å²) < 4.78 is 1.23. The molecule has 140 valence electrons. The number of hydrogen-bond acceptors (Lipinski definition) is 4. The summed E-state index contributed by atoms with van der Waals surface area (Å²) in [6.07, 6.45) is 5.20. The van der Waals surface area contributed by atoms with E-state index in [-0.39, 0.29) is 41.9 Å². The second-order valence-corrected chi connectivity index (χ2v) is 8.04. The molecule has 8 nitrogen and oxygen atoms in total. The number of nitrogens with zero attached hydrogens (tertiary/aromatic N) is 3. The fourth-order valence-corrected chi connectivity index (χ4v) is 5.55. The van der Waals surface area contributed by atoms with E-state index in [1.807, 2.05) is 9.80 Å². The predicted octanol–water partition coefficient (Wildman–Crippen LogP) is -0.0730. The summed E-state index contributed by atoms with van der Waals surface area (Å²) >= 11 is 0. The van der Waals surface area contributed by atoms with Crippen LogP contribution in [0.25, 0.3) is 0 Å². The van der Waals surface area contributed by atoms with Crippen molar-refractivity contribution < 1.29 is 9.59 Å². The summed E-state index contributed by atoms with van der Waals surface area (Å²) in [5, 5.41) is 0. The Morgan fingerprint density at radius 2 is 2.00 bits per heavy atom. The quantitative estimate of drug-likeness (QED) is 0.798. The summed E-state index contributed by atoms with van der Waals surface area (Å²) in [5.41, 5.74) is -1.14. The van der Waals surface area contributed by atoms with Crippen LogP contribution < -0.4 is 11.2 Å². The topological polar surface area (TPSA) is 95.5 Å². The number of amides is 2. The Balaban J connectivity index is 1.63. The van der Waals surface area contributed by atoms with Crippen molar-refractivity contribution >= 4 is 11.8 Å². The van der Waals surface area contributed by atoms with Gasteiger partial charge >= 0.3 is 5.69 Å². The highest BCUT2D eigenvalue weighted by Gasteiger charge is 2.61. The Morgan fingerprint density at radius 1 is 1.27 bits per heavy atom. The van der Waals surface area contributed by atoms with Gasteiger partial charge < -0.3 is 9.80 Å². The van der Waals surface area contributed by atoms with Crippen LogP contribution in [0.4, 0.5) is 0 Å². The van der Waals surface area contributed by atoms with E-state index >= 15 is 0 Å². The van der Waals surface area contributed by atoms with Crippen LogP contribution in [-0.4, -0.2) is 55.8 Å². The molecule has 26 heavy (non-hydrogen) atoms. The maximum atomic E-state index is 13.0. The zero-order valence-corrected chi connectivity index (χ0v) is 15.1. The van der Waals surface area contributed by atoms with E-state index in [0.29, 0.717) is 6.54 Å². The van der Waals surface area contributed by atoms with Crippen molar-refractivity contribution in [3.8, 4) is 0 Å². The number of fused-ring (bicyclic) bond motifs is 1. The SMILES string of the molecule is CC(=O)N1[C@@H]2CN(C(=O)Cn3ccc(=O)[nH]c3=O)[C@@H]3CCC[C@H]1[C@]3(C)C2. The molecule has 2 bridgehead atoms. The smallest absolute Gasteiger partial charge is 0.328 e. The lowest BCUT2D eigenvalue weighted by Gasteiger charge is -2.49. The van der Waals surface area contributed by atoms with Crippen LogP contribution in [0.2, 0.25) is 0 Å². The van der Waals surface area contributed by atoms with E-state index in [2.05, 4.69) is 11.9 Å². The molecule has 3 heterocycles. The molecule has 0 radical (unpaired) electrons. The third-order valence-corrected chi connectivity index (χ3v) is 6.55. The number of aromatic amines is 1. The molecule has 2 amide bonds. The molecule has 1 saturated carbocycles. The first-order valence-corrected chi connectivity index (χ1v) is 9.19. The summed E-state index contributed by atoms with van der Waals surface area (Å²) in [6.45, 7) is 4.23. The zero-order chi connectivity index (χ0) is 18.6. The van der Waals surface area contributed by atoms with Gasteiger partial charge in [-0.2, -0.15) is 0 Å². The number of likely N-dealkylation sites (tertiary alicyclic amines) is 2. The van der Waals surface area contributed by atoms with Crippen molar-refractivity contribution in [2.45, 2.75) is 64.2 Å². The van der Waals surface area contributed by atoms with E-state index in [4.69, 9.17) is 0 Å². The second-order valence-electron chi connectivity index (χ2n) is 8.04. The Bertz CT molecular complexity index is 874. The third-order valence-electron chi connectivity index (χ3n) is 6.55. The standard InChI is InChI=1S/C18H24N4O4/c1-11(23)22-12-8-18(2)13(4-3-5-14(18)22)21(9-12)16(25)10-20-7-6-15(24)19-17(20)26/h6-7,12-14H,3-5,8-10H2,1-2H3,(H,19,24,26)/t12-,13+,14-,18+/m0/s1. The molecule has 0 spiro atoms. The van der Waals surface area contributed by atoms with Gasteiger partial charge in [0.05, 0.1) is 6.04 Å². The Kier molecular flexibility index (Phi) is 3.82. The summed E-state index contributed by atoms with van der Waals surface area (Å²) in [6, 6.07) is 1.57. The lowest BCUT2D eigenvalue weighted by molar-refractivity contribution is -0.140. The number of hydrogen-bond donors (Lipinski definition) is 1. The zero-order valence-electron chi connectivity index (χ0n) is 15.1.